The molecule has 1 aromatic heterocycles. The first-order chi connectivity index (χ1) is 11.1. The van der Waals surface area contributed by atoms with Crippen molar-refractivity contribution in [2.45, 2.75) is 46.7 Å². The fourth-order valence-electron chi connectivity index (χ4n) is 2.42. The number of aryl methyl sites for hydroxylation is 1. The van der Waals surface area contributed by atoms with Crippen molar-refractivity contribution in [2.24, 2.45) is 0 Å². The molecule has 0 bridgehead atoms. The summed E-state index contributed by atoms with van der Waals surface area (Å²) >= 11 is 0. The highest BCUT2D eigenvalue weighted by Gasteiger charge is 2.18. The average molecular weight is 315 g/mol. The van der Waals surface area contributed by atoms with Gasteiger partial charge in [-0.3, -0.25) is 9.48 Å². The molecule has 2 rings (SSSR count). The summed E-state index contributed by atoms with van der Waals surface area (Å²) in [7, 11) is 0. The predicted molar refractivity (Wildman–Crippen MR) is 90.8 cm³/mol. The lowest BCUT2D eigenvalue weighted by Crippen LogP contribution is -2.24. The molecule has 1 N–H and O–H groups in total. The Bertz CT molecular complexity index is 662. The number of carbonyl (C=O) groups excluding carboxylic acids is 1. The molecule has 0 aliphatic rings. The van der Waals surface area contributed by atoms with Crippen LogP contribution in [-0.2, 0) is 13.1 Å². The first kappa shape index (κ1) is 17.1. The van der Waals surface area contributed by atoms with Gasteiger partial charge in [-0.25, -0.2) is 0 Å². The fourth-order valence-corrected chi connectivity index (χ4v) is 2.42. The number of hydrogen-bond donors (Lipinski definition) is 1. The molecule has 2 aromatic rings. The van der Waals surface area contributed by atoms with Crippen LogP contribution in [-0.4, -0.2) is 22.3 Å². The van der Waals surface area contributed by atoms with Crippen LogP contribution in [0, 0.1) is 0 Å². The molecule has 0 aliphatic carbocycles. The van der Waals surface area contributed by atoms with Crippen molar-refractivity contribution in [1.82, 2.24) is 15.1 Å². The number of rotatable bonds is 7. The van der Waals surface area contributed by atoms with Crippen molar-refractivity contribution in [2.75, 3.05) is 6.61 Å². The average Bonchev–Trinajstić information content (AvgIpc) is 2.99. The van der Waals surface area contributed by atoms with Crippen molar-refractivity contribution < 1.29 is 9.53 Å². The highest BCUT2D eigenvalue weighted by Crippen LogP contribution is 2.20. The number of amides is 1. The first-order valence-corrected chi connectivity index (χ1v) is 8.13. The third-order valence-corrected chi connectivity index (χ3v) is 3.62. The Labute approximate surface area is 137 Å². The summed E-state index contributed by atoms with van der Waals surface area (Å²) in [4.78, 5) is 12.5. The zero-order valence-corrected chi connectivity index (χ0v) is 14.3. The molecule has 5 nitrogen and oxygen atoms in total. The molecular formula is C18H25N3O2. The van der Waals surface area contributed by atoms with Crippen LogP contribution < -0.4 is 10.1 Å². The number of benzene rings is 1. The second kappa shape index (κ2) is 7.81. The molecule has 0 saturated carbocycles. The summed E-state index contributed by atoms with van der Waals surface area (Å²) in [6.45, 7) is 9.84. The van der Waals surface area contributed by atoms with Gasteiger partial charge in [-0.1, -0.05) is 32.0 Å². The maximum atomic E-state index is 12.5. The second-order valence-electron chi connectivity index (χ2n) is 5.66. The summed E-state index contributed by atoms with van der Waals surface area (Å²) in [5.74, 6) is 0.919. The lowest BCUT2D eigenvalue weighted by Gasteiger charge is -2.11. The molecule has 1 aromatic carbocycles. The molecular weight excluding hydrogens is 290 g/mol. The molecule has 1 heterocycles. The molecule has 0 saturated heterocycles. The van der Waals surface area contributed by atoms with Gasteiger partial charge in [-0.15, -0.1) is 0 Å². The lowest BCUT2D eigenvalue weighted by atomic mass is 10.1. The quantitative estimate of drug-likeness (QED) is 0.852. The normalized spacial score (nSPS) is 10.8. The van der Waals surface area contributed by atoms with Crippen LogP contribution >= 0.6 is 0 Å². The smallest absolute Gasteiger partial charge is 0.255 e. The van der Waals surface area contributed by atoms with Crippen LogP contribution in [0.15, 0.2) is 30.5 Å². The Morgan fingerprint density at radius 3 is 2.70 bits per heavy atom. The number of aromatic nitrogens is 2. The number of hydrogen-bond acceptors (Lipinski definition) is 3. The highest BCUT2D eigenvalue weighted by atomic mass is 16.5. The second-order valence-corrected chi connectivity index (χ2v) is 5.66. The highest BCUT2D eigenvalue weighted by molar-refractivity contribution is 5.95. The van der Waals surface area contributed by atoms with Crippen molar-refractivity contribution in [3.05, 3.63) is 47.3 Å². The van der Waals surface area contributed by atoms with Crippen molar-refractivity contribution in [3.8, 4) is 5.75 Å². The summed E-state index contributed by atoms with van der Waals surface area (Å²) in [6.07, 6.45) is 1.82. The SMILES string of the molecule is CCOc1ccccc1CNC(=O)c1cn(CC)nc1C(C)C. The van der Waals surface area contributed by atoms with Crippen LogP contribution in [0.2, 0.25) is 0 Å². The van der Waals surface area contributed by atoms with E-state index in [-0.39, 0.29) is 11.8 Å². The molecule has 0 fully saturated rings. The van der Waals surface area contributed by atoms with Gasteiger partial charge in [0.05, 0.1) is 17.9 Å². The van der Waals surface area contributed by atoms with E-state index in [4.69, 9.17) is 4.74 Å². The van der Waals surface area contributed by atoms with E-state index >= 15 is 0 Å². The molecule has 0 radical (unpaired) electrons. The van der Waals surface area contributed by atoms with E-state index in [1.165, 1.54) is 0 Å². The largest absolute Gasteiger partial charge is 0.494 e. The Morgan fingerprint density at radius 1 is 1.30 bits per heavy atom. The van der Waals surface area contributed by atoms with Crippen LogP contribution in [0.25, 0.3) is 0 Å². The molecule has 0 atom stereocenters. The third-order valence-electron chi connectivity index (χ3n) is 3.62. The van der Waals surface area contributed by atoms with E-state index in [1.54, 1.807) is 4.68 Å². The minimum absolute atomic E-state index is 0.0975. The molecule has 0 aliphatic heterocycles. The minimum atomic E-state index is -0.0975. The Balaban J connectivity index is 2.13. The summed E-state index contributed by atoms with van der Waals surface area (Å²) < 4.78 is 7.39. The molecule has 23 heavy (non-hydrogen) atoms. The third kappa shape index (κ3) is 4.12. The molecule has 124 valence electrons. The number of para-hydroxylation sites is 1. The summed E-state index contributed by atoms with van der Waals surface area (Å²) in [5, 5.41) is 7.46. The van der Waals surface area contributed by atoms with Gasteiger partial charge in [0.1, 0.15) is 5.75 Å². The first-order valence-electron chi connectivity index (χ1n) is 8.13. The maximum Gasteiger partial charge on any atom is 0.255 e. The monoisotopic (exact) mass is 315 g/mol. The van der Waals surface area contributed by atoms with Crippen molar-refractivity contribution in [3.63, 3.8) is 0 Å². The van der Waals surface area contributed by atoms with E-state index in [1.807, 2.05) is 58.2 Å². The van der Waals surface area contributed by atoms with Crippen LogP contribution in [0.1, 0.15) is 55.2 Å². The summed E-state index contributed by atoms with van der Waals surface area (Å²) in [5.41, 5.74) is 2.45. The molecule has 5 heteroatoms. The zero-order chi connectivity index (χ0) is 16.8. The number of nitrogens with zero attached hydrogens (tertiary/aromatic N) is 2. The fraction of sp³-hybridized carbons (Fsp3) is 0.444. The van der Waals surface area contributed by atoms with Gasteiger partial charge in [-0.05, 0) is 25.8 Å². The van der Waals surface area contributed by atoms with Gasteiger partial charge in [0.25, 0.3) is 5.91 Å². The topological polar surface area (TPSA) is 56.1 Å². The lowest BCUT2D eigenvalue weighted by molar-refractivity contribution is 0.0949. The van der Waals surface area contributed by atoms with Gasteiger partial charge in [0.2, 0.25) is 0 Å². The van der Waals surface area contributed by atoms with E-state index in [2.05, 4.69) is 10.4 Å². The Morgan fingerprint density at radius 2 is 2.04 bits per heavy atom. The zero-order valence-electron chi connectivity index (χ0n) is 14.3. The predicted octanol–water partition coefficient (Wildman–Crippen LogP) is 3.36. The molecule has 1 amide bonds. The van der Waals surface area contributed by atoms with Gasteiger partial charge >= 0.3 is 0 Å². The standard InChI is InChI=1S/C18H25N3O2/c1-5-21-12-15(17(20-21)13(3)4)18(22)19-11-14-9-7-8-10-16(14)23-6-2/h7-10,12-13H,5-6,11H2,1-4H3,(H,19,22). The van der Waals surface area contributed by atoms with E-state index in [0.717, 1.165) is 23.6 Å². The van der Waals surface area contributed by atoms with Crippen LogP contribution in [0.4, 0.5) is 0 Å². The maximum absolute atomic E-state index is 12.5. The molecule has 0 unspecified atom stereocenters. The van der Waals surface area contributed by atoms with Gasteiger partial charge < -0.3 is 10.1 Å². The number of ether oxygens (including phenoxy) is 1. The number of carbonyl (C=O) groups is 1. The van der Waals surface area contributed by atoms with Gasteiger partial charge in [0, 0.05) is 24.8 Å². The van der Waals surface area contributed by atoms with E-state index < -0.39 is 0 Å². The van der Waals surface area contributed by atoms with Crippen molar-refractivity contribution in [1.29, 1.82) is 0 Å². The Kier molecular flexibility index (Phi) is 5.79. The van der Waals surface area contributed by atoms with E-state index in [0.29, 0.717) is 18.7 Å². The van der Waals surface area contributed by atoms with Crippen molar-refractivity contribution >= 4 is 5.91 Å². The van der Waals surface area contributed by atoms with Crippen LogP contribution in [0.3, 0.4) is 0 Å². The van der Waals surface area contributed by atoms with Gasteiger partial charge in [0.15, 0.2) is 0 Å². The van der Waals surface area contributed by atoms with Gasteiger partial charge in [-0.2, -0.15) is 5.10 Å². The van der Waals surface area contributed by atoms with E-state index in [9.17, 15) is 4.79 Å². The minimum Gasteiger partial charge on any atom is -0.494 e. The number of nitrogens with one attached hydrogen (secondary N) is 1. The Hall–Kier alpha value is -2.30. The summed E-state index contributed by atoms with van der Waals surface area (Å²) in [6, 6.07) is 7.75. The van der Waals surface area contributed by atoms with Crippen LogP contribution in [0.5, 0.6) is 5.75 Å². The molecule has 0 spiro atoms.